The van der Waals surface area contributed by atoms with Crippen molar-refractivity contribution in [3.8, 4) is 0 Å². The van der Waals surface area contributed by atoms with Gasteiger partial charge in [0.2, 0.25) is 0 Å². The molecule has 0 radical (unpaired) electrons. The molecule has 1 aliphatic rings. The number of nitrogens with one attached hydrogen (secondary N) is 1. The Morgan fingerprint density at radius 2 is 1.89 bits per heavy atom. The molecule has 106 valence electrons. The number of nitrogens with zero attached hydrogens (tertiary/aromatic N) is 1. The number of rotatable bonds is 5. The molecule has 1 unspecified atom stereocenters. The Hall–Kier alpha value is -0.540. The minimum Gasteiger partial charge on any atom is -0.382 e. The molecule has 0 aromatic heterocycles. The molecule has 1 aromatic rings. The van der Waals surface area contributed by atoms with Crippen molar-refractivity contribution >= 4 is 21.6 Å². The maximum Gasteiger partial charge on any atom is 0.0343 e. The van der Waals surface area contributed by atoms with E-state index in [4.69, 9.17) is 0 Å². The van der Waals surface area contributed by atoms with Crippen molar-refractivity contribution in [2.24, 2.45) is 5.92 Å². The van der Waals surface area contributed by atoms with Gasteiger partial charge in [-0.05, 0) is 76.0 Å². The van der Waals surface area contributed by atoms with Crippen LogP contribution in [0.5, 0.6) is 0 Å². The Bertz CT molecular complexity index is 369. The van der Waals surface area contributed by atoms with E-state index in [1.807, 2.05) is 0 Å². The van der Waals surface area contributed by atoms with Gasteiger partial charge >= 0.3 is 0 Å². The second-order valence-electron chi connectivity index (χ2n) is 5.62. The van der Waals surface area contributed by atoms with Gasteiger partial charge in [0.25, 0.3) is 0 Å². The maximum atomic E-state index is 3.65. The first-order valence-electron chi connectivity index (χ1n) is 7.43. The molecular weight excluding hydrogens is 300 g/mol. The topological polar surface area (TPSA) is 15.3 Å². The largest absolute Gasteiger partial charge is 0.382 e. The van der Waals surface area contributed by atoms with Crippen LogP contribution in [0.25, 0.3) is 0 Å². The summed E-state index contributed by atoms with van der Waals surface area (Å²) in [6, 6.07) is 9.04. The zero-order chi connectivity index (χ0) is 13.7. The lowest BCUT2D eigenvalue weighted by molar-refractivity contribution is 0.176. The fraction of sp³-hybridized carbons (Fsp3) is 0.625. The van der Waals surface area contributed by atoms with Crippen LogP contribution in [0.15, 0.2) is 28.7 Å². The minimum absolute atomic E-state index is 0.560. The first kappa shape index (κ1) is 14.9. The van der Waals surface area contributed by atoms with E-state index in [9.17, 15) is 0 Å². The summed E-state index contributed by atoms with van der Waals surface area (Å²) in [7, 11) is 0. The molecule has 0 spiro atoms. The van der Waals surface area contributed by atoms with Gasteiger partial charge in [0.1, 0.15) is 0 Å². The van der Waals surface area contributed by atoms with Crippen LogP contribution in [0, 0.1) is 5.92 Å². The molecule has 0 amide bonds. The van der Waals surface area contributed by atoms with Gasteiger partial charge in [-0.3, -0.25) is 0 Å². The normalized spacial score (nSPS) is 19.3. The Kier molecular flexibility index (Phi) is 5.71. The Morgan fingerprint density at radius 3 is 2.47 bits per heavy atom. The van der Waals surface area contributed by atoms with Gasteiger partial charge in [0, 0.05) is 16.2 Å². The summed E-state index contributed by atoms with van der Waals surface area (Å²) in [6.07, 6.45) is 3.92. The molecule has 0 saturated carbocycles. The Morgan fingerprint density at radius 1 is 1.26 bits per heavy atom. The summed E-state index contributed by atoms with van der Waals surface area (Å²) in [5.41, 5.74) is 1.23. The van der Waals surface area contributed by atoms with Gasteiger partial charge < -0.3 is 10.2 Å². The lowest BCUT2D eigenvalue weighted by atomic mass is 9.90. The van der Waals surface area contributed by atoms with Gasteiger partial charge in [-0.25, -0.2) is 0 Å². The molecule has 2 rings (SSSR count). The molecule has 2 nitrogen and oxygen atoms in total. The van der Waals surface area contributed by atoms with Gasteiger partial charge in [0.15, 0.2) is 0 Å². The molecule has 1 heterocycles. The van der Waals surface area contributed by atoms with Gasteiger partial charge in [-0.2, -0.15) is 0 Å². The summed E-state index contributed by atoms with van der Waals surface area (Å²) in [4.78, 5) is 2.60. The van der Waals surface area contributed by atoms with Crippen LogP contribution in [0.3, 0.4) is 0 Å². The molecular formula is C16H25BrN2. The summed E-state index contributed by atoms with van der Waals surface area (Å²) in [6.45, 7) is 8.39. The highest BCUT2D eigenvalue weighted by atomic mass is 79.9. The van der Waals surface area contributed by atoms with E-state index < -0.39 is 0 Å². The van der Waals surface area contributed by atoms with Crippen LogP contribution >= 0.6 is 15.9 Å². The van der Waals surface area contributed by atoms with E-state index in [0.717, 1.165) is 10.4 Å². The summed E-state index contributed by atoms with van der Waals surface area (Å²) in [5.74, 6) is 0.803. The van der Waals surface area contributed by atoms with Crippen LogP contribution in [0.1, 0.15) is 33.1 Å². The standard InChI is InChI=1S/C16H25BrN2/c1-3-10-19-11-8-14(9-12-19)13(2)18-16-6-4-15(17)5-7-16/h4-7,13-14,18H,3,8-12H2,1-2H3. The van der Waals surface area contributed by atoms with Crippen molar-refractivity contribution in [2.45, 2.75) is 39.2 Å². The number of halogens is 1. The Labute approximate surface area is 125 Å². The van der Waals surface area contributed by atoms with E-state index in [1.54, 1.807) is 0 Å². The van der Waals surface area contributed by atoms with E-state index in [1.165, 1.54) is 44.6 Å². The predicted molar refractivity (Wildman–Crippen MR) is 86.7 cm³/mol. The van der Waals surface area contributed by atoms with E-state index in [2.05, 4.69) is 64.3 Å². The van der Waals surface area contributed by atoms with Crippen molar-refractivity contribution in [3.05, 3.63) is 28.7 Å². The smallest absolute Gasteiger partial charge is 0.0343 e. The quantitative estimate of drug-likeness (QED) is 0.865. The number of hydrogen-bond donors (Lipinski definition) is 1. The van der Waals surface area contributed by atoms with Crippen molar-refractivity contribution in [2.75, 3.05) is 25.0 Å². The van der Waals surface area contributed by atoms with Gasteiger partial charge in [-0.15, -0.1) is 0 Å². The molecule has 1 saturated heterocycles. The van der Waals surface area contributed by atoms with Crippen molar-refractivity contribution < 1.29 is 0 Å². The number of likely N-dealkylation sites (tertiary alicyclic amines) is 1. The van der Waals surface area contributed by atoms with Crippen LogP contribution in [0.2, 0.25) is 0 Å². The highest BCUT2D eigenvalue weighted by Crippen LogP contribution is 2.24. The molecule has 0 aliphatic carbocycles. The van der Waals surface area contributed by atoms with Crippen LogP contribution in [0.4, 0.5) is 5.69 Å². The number of benzene rings is 1. The van der Waals surface area contributed by atoms with Crippen LogP contribution < -0.4 is 5.32 Å². The van der Waals surface area contributed by atoms with Crippen molar-refractivity contribution in [3.63, 3.8) is 0 Å². The highest BCUT2D eigenvalue weighted by Gasteiger charge is 2.23. The lowest BCUT2D eigenvalue weighted by Gasteiger charge is -2.35. The maximum absolute atomic E-state index is 3.65. The monoisotopic (exact) mass is 324 g/mol. The lowest BCUT2D eigenvalue weighted by Crippen LogP contribution is -2.39. The molecule has 1 aliphatic heterocycles. The second kappa shape index (κ2) is 7.30. The summed E-state index contributed by atoms with van der Waals surface area (Å²) < 4.78 is 1.14. The Balaban J connectivity index is 1.81. The number of piperidine rings is 1. The van der Waals surface area contributed by atoms with E-state index >= 15 is 0 Å². The third kappa shape index (κ3) is 4.50. The first-order valence-corrected chi connectivity index (χ1v) is 8.22. The zero-order valence-electron chi connectivity index (χ0n) is 12.0. The SMILES string of the molecule is CCCN1CCC(C(C)Nc2ccc(Br)cc2)CC1. The second-order valence-corrected chi connectivity index (χ2v) is 6.53. The molecule has 1 fully saturated rings. The average Bonchev–Trinajstić information content (AvgIpc) is 2.42. The third-order valence-electron chi connectivity index (χ3n) is 4.12. The fourth-order valence-electron chi connectivity index (χ4n) is 2.92. The molecule has 1 atom stereocenters. The predicted octanol–water partition coefficient (Wildman–Crippen LogP) is 4.37. The first-order chi connectivity index (χ1) is 9.19. The molecule has 19 heavy (non-hydrogen) atoms. The molecule has 0 bridgehead atoms. The number of anilines is 1. The summed E-state index contributed by atoms with van der Waals surface area (Å²) >= 11 is 3.48. The van der Waals surface area contributed by atoms with Crippen molar-refractivity contribution in [1.29, 1.82) is 0 Å². The van der Waals surface area contributed by atoms with Crippen LogP contribution in [-0.2, 0) is 0 Å². The van der Waals surface area contributed by atoms with E-state index in [-0.39, 0.29) is 0 Å². The average molecular weight is 325 g/mol. The fourth-order valence-corrected chi connectivity index (χ4v) is 3.18. The molecule has 3 heteroatoms. The van der Waals surface area contributed by atoms with Crippen molar-refractivity contribution in [1.82, 2.24) is 4.90 Å². The third-order valence-corrected chi connectivity index (χ3v) is 4.65. The zero-order valence-corrected chi connectivity index (χ0v) is 13.6. The highest BCUT2D eigenvalue weighted by molar-refractivity contribution is 9.10. The number of hydrogen-bond acceptors (Lipinski definition) is 2. The van der Waals surface area contributed by atoms with E-state index in [0.29, 0.717) is 6.04 Å². The molecule has 1 aromatic carbocycles. The van der Waals surface area contributed by atoms with Gasteiger partial charge in [0.05, 0.1) is 0 Å². The molecule has 1 N–H and O–H groups in total. The minimum atomic E-state index is 0.560. The van der Waals surface area contributed by atoms with Gasteiger partial charge in [-0.1, -0.05) is 22.9 Å². The summed E-state index contributed by atoms with van der Waals surface area (Å²) in [5, 5.41) is 3.65. The van der Waals surface area contributed by atoms with Crippen LogP contribution in [-0.4, -0.2) is 30.6 Å².